The van der Waals surface area contributed by atoms with E-state index in [-0.39, 0.29) is 18.3 Å². The Morgan fingerprint density at radius 2 is 1.90 bits per heavy atom. The lowest BCUT2D eigenvalue weighted by molar-refractivity contribution is -0.137. The number of nitrogens with zero attached hydrogens (tertiary/aromatic N) is 3. The maximum Gasteiger partial charge on any atom is 0.417 e. The highest BCUT2D eigenvalue weighted by atomic mass is 19.4. The largest absolute Gasteiger partial charge is 0.484 e. The quantitative estimate of drug-likeness (QED) is 0.693. The zero-order valence-corrected chi connectivity index (χ0v) is 16.5. The van der Waals surface area contributed by atoms with Crippen LogP contribution in [0.2, 0.25) is 0 Å². The molecule has 0 spiro atoms. The van der Waals surface area contributed by atoms with Crippen LogP contribution in [0.1, 0.15) is 29.3 Å². The summed E-state index contributed by atoms with van der Waals surface area (Å²) in [4.78, 5) is 31.4. The van der Waals surface area contributed by atoms with Gasteiger partial charge in [-0.1, -0.05) is 12.1 Å². The van der Waals surface area contributed by atoms with E-state index in [4.69, 9.17) is 4.74 Å². The molecule has 1 aliphatic rings. The summed E-state index contributed by atoms with van der Waals surface area (Å²) in [5, 5.41) is 0. The van der Waals surface area contributed by atoms with Crippen LogP contribution in [0.4, 0.5) is 19.0 Å². The average Bonchev–Trinajstić information content (AvgIpc) is 2.98. The van der Waals surface area contributed by atoms with Crippen LogP contribution in [0.5, 0.6) is 5.75 Å². The Hall–Kier alpha value is -3.10. The van der Waals surface area contributed by atoms with Gasteiger partial charge in [-0.2, -0.15) is 13.2 Å². The van der Waals surface area contributed by atoms with E-state index < -0.39 is 11.7 Å². The fraction of sp³-hybridized carbons (Fsp3) is 0.381. The third kappa shape index (κ3) is 5.49. The normalized spacial score (nSPS) is 14.9. The van der Waals surface area contributed by atoms with E-state index in [0.29, 0.717) is 49.7 Å². The highest BCUT2D eigenvalue weighted by Gasteiger charge is 2.31. The summed E-state index contributed by atoms with van der Waals surface area (Å²) in [6.45, 7) is 3.29. The van der Waals surface area contributed by atoms with Crippen molar-refractivity contribution in [2.75, 3.05) is 37.7 Å². The number of hydrogen-bond acceptors (Lipinski definition) is 5. The summed E-state index contributed by atoms with van der Waals surface area (Å²) < 4.78 is 43.6. The zero-order valence-electron chi connectivity index (χ0n) is 16.5. The van der Waals surface area contributed by atoms with Crippen molar-refractivity contribution in [1.29, 1.82) is 0 Å². The van der Waals surface area contributed by atoms with Crippen LogP contribution in [0.3, 0.4) is 0 Å². The molecule has 0 unspecified atom stereocenters. The summed E-state index contributed by atoms with van der Waals surface area (Å²) in [6.07, 6.45) is -2.93. The van der Waals surface area contributed by atoms with Crippen molar-refractivity contribution in [3.05, 3.63) is 53.7 Å². The summed E-state index contributed by atoms with van der Waals surface area (Å²) in [5.41, 5.74) is -0.279. The maximum absolute atomic E-state index is 12.7. The molecule has 9 heteroatoms. The average molecular weight is 421 g/mol. The predicted octanol–water partition coefficient (Wildman–Crippen LogP) is 3.42. The number of ether oxygens (including phenoxy) is 1. The molecule has 1 fully saturated rings. The second kappa shape index (κ2) is 9.15. The summed E-state index contributed by atoms with van der Waals surface area (Å²) >= 11 is 0. The van der Waals surface area contributed by atoms with E-state index in [1.165, 1.54) is 13.0 Å². The molecule has 0 aliphatic carbocycles. The molecule has 0 atom stereocenters. The summed E-state index contributed by atoms with van der Waals surface area (Å²) in [7, 11) is 0. The van der Waals surface area contributed by atoms with E-state index in [9.17, 15) is 22.8 Å². The second-order valence-electron chi connectivity index (χ2n) is 7.00. The number of amides is 1. The van der Waals surface area contributed by atoms with Crippen molar-refractivity contribution in [1.82, 2.24) is 9.88 Å². The lowest BCUT2D eigenvalue weighted by Crippen LogP contribution is -2.38. The molecular formula is C21H22F3N3O3. The van der Waals surface area contributed by atoms with Crippen molar-refractivity contribution >= 4 is 17.5 Å². The van der Waals surface area contributed by atoms with E-state index in [0.717, 1.165) is 12.3 Å². The number of Topliss-reactive ketones (excluding diaryl/α,β-unsaturated/α-hetero) is 1. The molecule has 30 heavy (non-hydrogen) atoms. The van der Waals surface area contributed by atoms with Gasteiger partial charge in [0.25, 0.3) is 5.91 Å². The van der Waals surface area contributed by atoms with Crippen LogP contribution >= 0.6 is 0 Å². The number of pyridine rings is 1. The van der Waals surface area contributed by atoms with Crippen LogP contribution < -0.4 is 9.64 Å². The van der Waals surface area contributed by atoms with Crippen LogP contribution in [0, 0.1) is 0 Å². The van der Waals surface area contributed by atoms with Crippen molar-refractivity contribution in [3.63, 3.8) is 0 Å². The topological polar surface area (TPSA) is 62.7 Å². The summed E-state index contributed by atoms with van der Waals surface area (Å²) in [6, 6.07) is 9.01. The van der Waals surface area contributed by atoms with Gasteiger partial charge in [-0.15, -0.1) is 0 Å². The van der Waals surface area contributed by atoms with Crippen LogP contribution in [-0.2, 0) is 11.0 Å². The van der Waals surface area contributed by atoms with E-state index >= 15 is 0 Å². The Balaban J connectivity index is 1.55. The van der Waals surface area contributed by atoms with E-state index in [2.05, 4.69) is 4.98 Å². The van der Waals surface area contributed by atoms with Crippen LogP contribution in [-0.4, -0.2) is 54.4 Å². The molecule has 0 bridgehead atoms. The minimum Gasteiger partial charge on any atom is -0.484 e. The molecule has 160 valence electrons. The number of anilines is 1. The molecule has 0 N–H and O–H groups in total. The van der Waals surface area contributed by atoms with Gasteiger partial charge >= 0.3 is 6.18 Å². The fourth-order valence-electron chi connectivity index (χ4n) is 3.18. The van der Waals surface area contributed by atoms with Gasteiger partial charge in [-0.25, -0.2) is 4.98 Å². The number of aromatic nitrogens is 1. The van der Waals surface area contributed by atoms with E-state index in [1.54, 1.807) is 29.2 Å². The van der Waals surface area contributed by atoms with Crippen LogP contribution in [0.25, 0.3) is 0 Å². The Kier molecular flexibility index (Phi) is 6.59. The lowest BCUT2D eigenvalue weighted by Gasteiger charge is -2.23. The summed E-state index contributed by atoms with van der Waals surface area (Å²) in [5.74, 6) is 0.623. The molecule has 0 radical (unpaired) electrons. The lowest BCUT2D eigenvalue weighted by atomic mass is 10.1. The van der Waals surface area contributed by atoms with Crippen molar-refractivity contribution in [3.8, 4) is 5.75 Å². The SMILES string of the molecule is CC(=O)c1cccc(OCC(=O)N2CCCN(c3ccc(C(F)(F)F)cn3)CC2)c1. The minimum absolute atomic E-state index is 0.0868. The first-order valence-corrected chi connectivity index (χ1v) is 9.54. The molecular weight excluding hydrogens is 399 g/mol. The molecule has 2 heterocycles. The first kappa shape index (κ1) is 21.6. The fourth-order valence-corrected chi connectivity index (χ4v) is 3.18. The van der Waals surface area contributed by atoms with Gasteiger partial charge in [0.15, 0.2) is 12.4 Å². The molecule has 1 aromatic carbocycles. The van der Waals surface area contributed by atoms with Gasteiger partial charge < -0.3 is 14.5 Å². The number of hydrogen-bond donors (Lipinski definition) is 0. The number of benzene rings is 1. The zero-order chi connectivity index (χ0) is 21.7. The van der Waals surface area contributed by atoms with Gasteiger partial charge in [-0.3, -0.25) is 9.59 Å². The van der Waals surface area contributed by atoms with Crippen molar-refractivity contribution < 1.29 is 27.5 Å². The van der Waals surface area contributed by atoms with Crippen LogP contribution in [0.15, 0.2) is 42.6 Å². The third-order valence-electron chi connectivity index (χ3n) is 4.85. The highest BCUT2D eigenvalue weighted by molar-refractivity contribution is 5.94. The first-order chi connectivity index (χ1) is 14.2. The van der Waals surface area contributed by atoms with E-state index in [1.807, 2.05) is 4.90 Å². The first-order valence-electron chi connectivity index (χ1n) is 9.54. The Morgan fingerprint density at radius 1 is 1.10 bits per heavy atom. The minimum atomic E-state index is -4.42. The smallest absolute Gasteiger partial charge is 0.417 e. The van der Waals surface area contributed by atoms with Crippen molar-refractivity contribution in [2.24, 2.45) is 0 Å². The predicted molar refractivity (Wildman–Crippen MR) is 105 cm³/mol. The molecule has 6 nitrogen and oxygen atoms in total. The molecule has 1 aliphatic heterocycles. The van der Waals surface area contributed by atoms with Gasteiger partial charge in [0.1, 0.15) is 11.6 Å². The highest BCUT2D eigenvalue weighted by Crippen LogP contribution is 2.29. The molecule has 1 amide bonds. The Morgan fingerprint density at radius 3 is 2.57 bits per heavy atom. The molecule has 1 aromatic heterocycles. The Labute approximate surface area is 172 Å². The number of alkyl halides is 3. The van der Waals surface area contributed by atoms with Crippen molar-refractivity contribution in [2.45, 2.75) is 19.5 Å². The number of carbonyl (C=O) groups is 2. The van der Waals surface area contributed by atoms with Gasteiger partial charge in [0, 0.05) is 37.9 Å². The number of carbonyl (C=O) groups excluding carboxylic acids is 2. The molecule has 0 saturated carbocycles. The molecule has 2 aromatic rings. The Bertz CT molecular complexity index is 900. The van der Waals surface area contributed by atoms with Gasteiger partial charge in [-0.05, 0) is 37.6 Å². The number of rotatable bonds is 5. The van der Waals surface area contributed by atoms with Gasteiger partial charge in [0.2, 0.25) is 0 Å². The van der Waals surface area contributed by atoms with Gasteiger partial charge in [0.05, 0.1) is 5.56 Å². The second-order valence-corrected chi connectivity index (χ2v) is 7.00. The maximum atomic E-state index is 12.7. The number of halogens is 3. The third-order valence-corrected chi connectivity index (χ3v) is 4.85. The number of ketones is 1. The standard InChI is InChI=1S/C21H22F3N3O3/c1-15(28)16-4-2-5-18(12-16)30-14-20(29)27-9-3-8-26(10-11-27)19-7-6-17(13-25-19)21(22,23)24/h2,4-7,12-13H,3,8-11,14H2,1H3. The molecule has 3 rings (SSSR count). The molecule has 1 saturated heterocycles. The monoisotopic (exact) mass is 421 g/mol.